The van der Waals surface area contributed by atoms with Crippen molar-refractivity contribution in [3.05, 3.63) is 53.7 Å². The minimum atomic E-state index is 0.161. The number of pyridine rings is 1. The molecule has 1 heterocycles. The van der Waals surface area contributed by atoms with Crippen molar-refractivity contribution in [3.8, 4) is 11.3 Å². The van der Waals surface area contributed by atoms with Crippen LogP contribution in [0.2, 0.25) is 0 Å². The molecule has 4 bridgehead atoms. The Balaban J connectivity index is 1.41. The summed E-state index contributed by atoms with van der Waals surface area (Å²) in [5.74, 6) is 3.02. The summed E-state index contributed by atoms with van der Waals surface area (Å²) in [4.78, 5) is 4.74. The van der Waals surface area contributed by atoms with Gasteiger partial charge in [0.25, 0.3) is 0 Å². The molecular weight excluding hydrogens is 314 g/mol. The second-order valence-electron chi connectivity index (χ2n) is 10.5. The molecule has 1 aromatic carbocycles. The molecule has 0 radical (unpaired) electrons. The average Bonchev–Trinajstić information content (AvgIpc) is 2.60. The fourth-order valence-corrected chi connectivity index (χ4v) is 6.47. The highest BCUT2D eigenvalue weighted by Crippen LogP contribution is 2.60. The highest BCUT2D eigenvalue weighted by Gasteiger charge is 2.51. The van der Waals surface area contributed by atoms with E-state index in [1.807, 2.05) is 6.20 Å². The van der Waals surface area contributed by atoms with Crippen LogP contribution in [-0.4, -0.2) is 4.98 Å². The molecular formula is C25H31N. The smallest absolute Gasteiger partial charge is 0.0702 e. The van der Waals surface area contributed by atoms with Gasteiger partial charge in [0.1, 0.15) is 0 Å². The molecule has 0 unspecified atom stereocenters. The molecule has 1 aromatic heterocycles. The lowest BCUT2D eigenvalue weighted by Gasteiger charge is -2.57. The van der Waals surface area contributed by atoms with Crippen molar-refractivity contribution >= 4 is 0 Å². The van der Waals surface area contributed by atoms with Gasteiger partial charge in [0.2, 0.25) is 0 Å². The van der Waals surface area contributed by atoms with Crippen LogP contribution in [-0.2, 0) is 10.8 Å². The first kappa shape index (κ1) is 16.5. The van der Waals surface area contributed by atoms with E-state index in [4.69, 9.17) is 4.98 Å². The van der Waals surface area contributed by atoms with Gasteiger partial charge in [-0.2, -0.15) is 0 Å². The van der Waals surface area contributed by atoms with Crippen LogP contribution in [0.4, 0.5) is 0 Å². The largest absolute Gasteiger partial charge is 0.256 e. The minimum absolute atomic E-state index is 0.161. The van der Waals surface area contributed by atoms with Crippen LogP contribution in [0.15, 0.2) is 42.6 Å². The van der Waals surface area contributed by atoms with Crippen molar-refractivity contribution in [1.29, 1.82) is 0 Å². The lowest BCUT2D eigenvalue weighted by Crippen LogP contribution is -2.48. The summed E-state index contributed by atoms with van der Waals surface area (Å²) >= 11 is 0. The van der Waals surface area contributed by atoms with E-state index in [9.17, 15) is 0 Å². The topological polar surface area (TPSA) is 12.9 Å². The fourth-order valence-electron chi connectivity index (χ4n) is 6.47. The molecule has 4 fully saturated rings. The molecule has 6 rings (SSSR count). The summed E-state index contributed by atoms with van der Waals surface area (Å²) in [5, 5.41) is 0. The SMILES string of the molecule is CC(C)(C)c1ccc(-c2ccc(C34CC5CC(CC(C5)C3)C4)cc2)nc1. The number of hydrogen-bond donors (Lipinski definition) is 0. The Hall–Kier alpha value is -1.63. The first-order valence-electron chi connectivity index (χ1n) is 10.5. The van der Waals surface area contributed by atoms with E-state index in [2.05, 4.69) is 57.2 Å². The zero-order chi connectivity index (χ0) is 17.9. The molecule has 26 heavy (non-hydrogen) atoms. The first-order chi connectivity index (χ1) is 12.4. The lowest BCUT2D eigenvalue weighted by atomic mass is 9.48. The monoisotopic (exact) mass is 345 g/mol. The van der Waals surface area contributed by atoms with Crippen molar-refractivity contribution in [1.82, 2.24) is 4.98 Å². The molecule has 136 valence electrons. The van der Waals surface area contributed by atoms with Gasteiger partial charge >= 0.3 is 0 Å². The van der Waals surface area contributed by atoms with Gasteiger partial charge in [-0.3, -0.25) is 4.98 Å². The van der Waals surface area contributed by atoms with Crippen molar-refractivity contribution in [3.63, 3.8) is 0 Å². The van der Waals surface area contributed by atoms with Crippen LogP contribution < -0.4 is 0 Å². The van der Waals surface area contributed by atoms with E-state index in [1.54, 1.807) is 5.56 Å². The van der Waals surface area contributed by atoms with Gasteiger partial charge in [0, 0.05) is 11.8 Å². The van der Waals surface area contributed by atoms with Gasteiger partial charge in [-0.05, 0) is 84.3 Å². The zero-order valence-corrected chi connectivity index (χ0v) is 16.5. The second-order valence-corrected chi connectivity index (χ2v) is 10.5. The quantitative estimate of drug-likeness (QED) is 0.604. The maximum atomic E-state index is 4.74. The van der Waals surface area contributed by atoms with Crippen LogP contribution in [0.5, 0.6) is 0 Å². The maximum absolute atomic E-state index is 4.74. The molecule has 1 heteroatoms. The third kappa shape index (κ3) is 2.71. The van der Waals surface area contributed by atoms with E-state index < -0.39 is 0 Å². The summed E-state index contributed by atoms with van der Waals surface area (Å²) in [6.45, 7) is 6.72. The number of hydrogen-bond acceptors (Lipinski definition) is 1. The molecule has 4 aliphatic rings. The van der Waals surface area contributed by atoms with Gasteiger partial charge in [0.05, 0.1) is 5.69 Å². The molecule has 0 saturated heterocycles. The summed E-state index contributed by atoms with van der Waals surface area (Å²) < 4.78 is 0. The normalized spacial score (nSPS) is 32.8. The average molecular weight is 346 g/mol. The van der Waals surface area contributed by atoms with Gasteiger partial charge in [-0.1, -0.05) is 51.1 Å². The van der Waals surface area contributed by atoms with Crippen molar-refractivity contribution in [2.45, 2.75) is 70.1 Å². The predicted molar refractivity (Wildman–Crippen MR) is 108 cm³/mol. The van der Waals surface area contributed by atoms with Crippen LogP contribution in [0.25, 0.3) is 11.3 Å². The van der Waals surface area contributed by atoms with E-state index >= 15 is 0 Å². The molecule has 1 nitrogen and oxygen atoms in total. The summed E-state index contributed by atoms with van der Waals surface area (Å²) in [6, 6.07) is 13.9. The molecule has 0 amide bonds. The molecule has 4 aliphatic carbocycles. The summed E-state index contributed by atoms with van der Waals surface area (Å²) in [6.07, 6.45) is 10.9. The minimum Gasteiger partial charge on any atom is -0.256 e. The molecule has 4 saturated carbocycles. The third-order valence-electron chi connectivity index (χ3n) is 7.46. The van der Waals surface area contributed by atoms with Crippen LogP contribution >= 0.6 is 0 Å². The number of aromatic nitrogens is 1. The first-order valence-corrected chi connectivity index (χ1v) is 10.5. The highest BCUT2D eigenvalue weighted by atomic mass is 14.7. The lowest BCUT2D eigenvalue weighted by molar-refractivity contribution is -0.00518. The van der Waals surface area contributed by atoms with E-state index in [0.717, 1.165) is 23.4 Å². The number of rotatable bonds is 2. The molecule has 0 N–H and O–H groups in total. The van der Waals surface area contributed by atoms with Gasteiger partial charge in [-0.15, -0.1) is 0 Å². The highest BCUT2D eigenvalue weighted by molar-refractivity contribution is 5.60. The Morgan fingerprint density at radius 1 is 0.808 bits per heavy atom. The van der Waals surface area contributed by atoms with Gasteiger partial charge in [-0.25, -0.2) is 0 Å². The summed E-state index contributed by atoms with van der Waals surface area (Å²) in [7, 11) is 0. The zero-order valence-electron chi connectivity index (χ0n) is 16.5. The molecule has 0 spiro atoms. The number of benzene rings is 1. The van der Waals surface area contributed by atoms with E-state index in [0.29, 0.717) is 5.41 Å². The maximum Gasteiger partial charge on any atom is 0.0702 e. The van der Waals surface area contributed by atoms with Crippen LogP contribution in [0.1, 0.15) is 70.4 Å². The molecule has 0 aliphatic heterocycles. The Labute approximate surface area is 158 Å². The second kappa shape index (κ2) is 5.68. The standard InChI is InChI=1S/C25H31N/c1-24(2,3)22-8-9-23(26-16-22)20-4-6-21(7-5-20)25-13-17-10-18(14-25)12-19(11-17)15-25/h4-9,16-19H,10-15H2,1-3H3. The third-order valence-corrected chi connectivity index (χ3v) is 7.46. The van der Waals surface area contributed by atoms with Crippen molar-refractivity contribution < 1.29 is 0 Å². The van der Waals surface area contributed by atoms with E-state index in [-0.39, 0.29) is 5.41 Å². The van der Waals surface area contributed by atoms with Crippen molar-refractivity contribution in [2.75, 3.05) is 0 Å². The van der Waals surface area contributed by atoms with E-state index in [1.165, 1.54) is 49.7 Å². The van der Waals surface area contributed by atoms with Crippen LogP contribution in [0.3, 0.4) is 0 Å². The Kier molecular flexibility index (Phi) is 3.61. The molecule has 0 atom stereocenters. The van der Waals surface area contributed by atoms with Gasteiger partial charge in [0.15, 0.2) is 0 Å². The fraction of sp³-hybridized carbons (Fsp3) is 0.560. The molecule has 2 aromatic rings. The Morgan fingerprint density at radius 2 is 1.38 bits per heavy atom. The summed E-state index contributed by atoms with van der Waals surface area (Å²) in [5.41, 5.74) is 5.90. The van der Waals surface area contributed by atoms with Crippen LogP contribution in [0, 0.1) is 17.8 Å². The Bertz CT molecular complexity index is 756. The number of nitrogens with zero attached hydrogens (tertiary/aromatic N) is 1. The van der Waals surface area contributed by atoms with Gasteiger partial charge < -0.3 is 0 Å². The Morgan fingerprint density at radius 3 is 1.85 bits per heavy atom. The van der Waals surface area contributed by atoms with Crippen molar-refractivity contribution in [2.24, 2.45) is 17.8 Å². The predicted octanol–water partition coefficient (Wildman–Crippen LogP) is 6.51.